The number of alkyl halides is 8. The summed E-state index contributed by atoms with van der Waals surface area (Å²) in [5.41, 5.74) is 5.38. The van der Waals surface area contributed by atoms with E-state index in [1.807, 2.05) is 0 Å². The van der Waals surface area contributed by atoms with Crippen LogP contribution in [0.25, 0.3) is 0 Å². The summed E-state index contributed by atoms with van der Waals surface area (Å²) in [6.07, 6.45) is -6.10. The molecule has 6 nitrogen and oxygen atoms in total. The van der Waals surface area contributed by atoms with E-state index in [1.165, 1.54) is 5.32 Å². The van der Waals surface area contributed by atoms with E-state index in [0.29, 0.717) is 12.8 Å². The van der Waals surface area contributed by atoms with Crippen LogP contribution >= 0.6 is 0 Å². The third-order valence-electron chi connectivity index (χ3n) is 4.84. The van der Waals surface area contributed by atoms with Crippen LogP contribution in [-0.2, 0) is 14.3 Å². The summed E-state index contributed by atoms with van der Waals surface area (Å²) < 4.78 is 111. The molecule has 1 rings (SSSR count). The maximum absolute atomic E-state index is 13.9. The maximum atomic E-state index is 13.9. The zero-order valence-electron chi connectivity index (χ0n) is 16.4. The molecule has 0 aromatic carbocycles. The number of nitrogens with one attached hydrogen (secondary N) is 1. The van der Waals surface area contributed by atoms with Crippen molar-refractivity contribution >= 4 is 11.9 Å². The number of ether oxygens (including phenoxy) is 1. The van der Waals surface area contributed by atoms with Crippen LogP contribution in [0, 0.1) is 0 Å². The predicted octanol–water partition coefficient (Wildman–Crippen LogP) is 2.96. The zero-order chi connectivity index (χ0) is 24.4. The van der Waals surface area contributed by atoms with Crippen molar-refractivity contribution in [3.8, 4) is 0 Å². The quantitative estimate of drug-likeness (QED) is 0.427. The van der Waals surface area contributed by atoms with Gasteiger partial charge in [0.15, 0.2) is 0 Å². The van der Waals surface area contributed by atoms with Crippen molar-refractivity contribution in [3.63, 3.8) is 0 Å². The first-order valence-corrected chi connectivity index (χ1v) is 9.12. The highest BCUT2D eigenvalue weighted by molar-refractivity contribution is 5.88. The first-order valence-electron chi connectivity index (χ1n) is 9.12. The van der Waals surface area contributed by atoms with Gasteiger partial charge in [-0.25, -0.2) is 13.6 Å². The number of carbonyl (C=O) groups excluding carboxylic acids is 1. The Bertz CT molecular complexity index is 698. The molecule has 0 bridgehead atoms. The molecule has 3 atom stereocenters. The van der Waals surface area contributed by atoms with Crippen LogP contribution in [0.1, 0.15) is 33.1 Å². The molecule has 0 unspecified atom stereocenters. The standard InChI is InChI=1S/C17H22F8N2O4/c1-3-8(4-2)31-10-6-7(12(28)29)5-9(26)11(10)27-14(30)16(22,23)17(24,25)15(20,21)13(18)19/h6,8-11,13H,3-5,26H2,1-2H3,(H,27,30)(H,28,29)/t9-,10+,11+/m0/s1. The lowest BCUT2D eigenvalue weighted by Crippen LogP contribution is -2.66. The average Bonchev–Trinajstić information content (AvgIpc) is 2.67. The molecule has 14 heteroatoms. The van der Waals surface area contributed by atoms with Crippen molar-refractivity contribution in [3.05, 3.63) is 11.6 Å². The Hall–Kier alpha value is -1.96. The van der Waals surface area contributed by atoms with E-state index >= 15 is 0 Å². The van der Waals surface area contributed by atoms with E-state index in [4.69, 9.17) is 15.6 Å². The molecule has 4 N–H and O–H groups in total. The molecule has 0 spiro atoms. The number of halogens is 8. The third-order valence-corrected chi connectivity index (χ3v) is 4.84. The molecule has 31 heavy (non-hydrogen) atoms. The van der Waals surface area contributed by atoms with E-state index in [1.54, 1.807) is 13.8 Å². The van der Waals surface area contributed by atoms with Crippen molar-refractivity contribution in [2.24, 2.45) is 5.73 Å². The number of carboxylic acid groups (broad SMARTS) is 1. The molecule has 0 aromatic heterocycles. The summed E-state index contributed by atoms with van der Waals surface area (Å²) in [5.74, 6) is -23.9. The number of rotatable bonds is 10. The highest BCUT2D eigenvalue weighted by atomic mass is 19.4. The van der Waals surface area contributed by atoms with E-state index in [-0.39, 0.29) is 5.57 Å². The van der Waals surface area contributed by atoms with E-state index in [0.717, 1.165) is 6.08 Å². The highest BCUT2D eigenvalue weighted by Gasteiger charge is 2.78. The van der Waals surface area contributed by atoms with Crippen LogP contribution in [-0.4, -0.2) is 65.5 Å². The third kappa shape index (κ3) is 5.27. The highest BCUT2D eigenvalue weighted by Crippen LogP contribution is 2.48. The van der Waals surface area contributed by atoms with Crippen molar-refractivity contribution < 1.29 is 54.6 Å². The average molecular weight is 470 g/mol. The fourth-order valence-electron chi connectivity index (χ4n) is 2.90. The number of amides is 1. The Morgan fingerprint density at radius 2 is 1.71 bits per heavy atom. The van der Waals surface area contributed by atoms with Crippen molar-refractivity contribution in [2.75, 3.05) is 0 Å². The Morgan fingerprint density at radius 1 is 1.19 bits per heavy atom. The Balaban J connectivity index is 3.26. The molecule has 1 aliphatic rings. The van der Waals surface area contributed by atoms with Gasteiger partial charge in [-0.2, -0.15) is 26.3 Å². The monoisotopic (exact) mass is 470 g/mol. The number of hydrogen-bond acceptors (Lipinski definition) is 4. The summed E-state index contributed by atoms with van der Waals surface area (Å²) in [5, 5.41) is 10.5. The van der Waals surface area contributed by atoms with E-state index in [2.05, 4.69) is 0 Å². The van der Waals surface area contributed by atoms with Crippen LogP contribution in [0.3, 0.4) is 0 Å². The van der Waals surface area contributed by atoms with Gasteiger partial charge in [0.25, 0.3) is 5.91 Å². The smallest absolute Gasteiger partial charge is 0.392 e. The lowest BCUT2D eigenvalue weighted by molar-refractivity contribution is -0.328. The molecule has 180 valence electrons. The largest absolute Gasteiger partial charge is 0.478 e. The summed E-state index contributed by atoms with van der Waals surface area (Å²) in [4.78, 5) is 23.0. The van der Waals surface area contributed by atoms with Gasteiger partial charge in [0.1, 0.15) is 0 Å². The number of nitrogens with two attached hydrogens (primary N) is 1. The van der Waals surface area contributed by atoms with Gasteiger partial charge in [-0.15, -0.1) is 0 Å². The molecule has 0 saturated heterocycles. The molecule has 0 aliphatic heterocycles. The molecule has 0 aromatic rings. The lowest BCUT2D eigenvalue weighted by atomic mass is 9.88. The maximum Gasteiger partial charge on any atom is 0.392 e. The first-order chi connectivity index (χ1) is 14.0. The van der Waals surface area contributed by atoms with Gasteiger partial charge in [0, 0.05) is 11.6 Å². The summed E-state index contributed by atoms with van der Waals surface area (Å²) >= 11 is 0. The van der Waals surface area contributed by atoms with Crippen LogP contribution < -0.4 is 11.1 Å². The minimum atomic E-state index is -6.73. The molecular formula is C17H22F8N2O4. The molecule has 0 radical (unpaired) electrons. The second kappa shape index (κ2) is 9.67. The van der Waals surface area contributed by atoms with Gasteiger partial charge in [0.05, 0.1) is 18.2 Å². The Morgan fingerprint density at radius 3 is 2.13 bits per heavy atom. The predicted molar refractivity (Wildman–Crippen MR) is 90.3 cm³/mol. The van der Waals surface area contributed by atoms with Gasteiger partial charge in [0.2, 0.25) is 0 Å². The van der Waals surface area contributed by atoms with Crippen molar-refractivity contribution in [1.82, 2.24) is 5.32 Å². The fourth-order valence-corrected chi connectivity index (χ4v) is 2.90. The summed E-state index contributed by atoms with van der Waals surface area (Å²) in [6.45, 7) is 3.32. The van der Waals surface area contributed by atoms with Crippen LogP contribution in [0.5, 0.6) is 0 Å². The van der Waals surface area contributed by atoms with Crippen molar-refractivity contribution in [2.45, 2.75) is 81.6 Å². The molecule has 0 fully saturated rings. The molecule has 1 amide bonds. The molecule has 1 aliphatic carbocycles. The fraction of sp³-hybridized carbons (Fsp3) is 0.765. The second-order valence-electron chi connectivity index (χ2n) is 6.98. The van der Waals surface area contributed by atoms with Crippen molar-refractivity contribution in [1.29, 1.82) is 0 Å². The molecule has 0 heterocycles. The second-order valence-corrected chi connectivity index (χ2v) is 6.98. The Kier molecular flexibility index (Phi) is 8.45. The van der Waals surface area contributed by atoms with Gasteiger partial charge in [-0.3, -0.25) is 4.79 Å². The van der Waals surface area contributed by atoms with Gasteiger partial charge < -0.3 is 20.9 Å². The number of hydrogen-bond donors (Lipinski definition) is 3. The van der Waals surface area contributed by atoms with Gasteiger partial charge >= 0.3 is 30.2 Å². The normalized spacial score (nSPS) is 23.1. The minimum Gasteiger partial charge on any atom is -0.478 e. The minimum absolute atomic E-state index is 0.310. The molecule has 0 saturated carbocycles. The lowest BCUT2D eigenvalue weighted by Gasteiger charge is -2.38. The van der Waals surface area contributed by atoms with E-state index < -0.39 is 66.8 Å². The topological polar surface area (TPSA) is 102 Å². The summed E-state index contributed by atoms with van der Waals surface area (Å²) in [6, 6.07) is -3.17. The van der Waals surface area contributed by atoms with Gasteiger partial charge in [-0.1, -0.05) is 13.8 Å². The number of aliphatic carboxylic acids is 1. The van der Waals surface area contributed by atoms with E-state index in [9.17, 15) is 44.7 Å². The van der Waals surface area contributed by atoms with Crippen LogP contribution in [0.2, 0.25) is 0 Å². The number of carbonyl (C=O) groups is 2. The van der Waals surface area contributed by atoms with Crippen LogP contribution in [0.4, 0.5) is 35.1 Å². The van der Waals surface area contributed by atoms with Crippen LogP contribution in [0.15, 0.2) is 11.6 Å². The molecular weight excluding hydrogens is 448 g/mol. The SMILES string of the molecule is CCC(CC)O[C@@H]1C=C(C(=O)O)C[C@H](N)[C@H]1NC(=O)C(F)(F)C(F)(F)C(F)(F)C(F)F. The Labute approximate surface area is 171 Å². The number of carboxylic acids is 1. The van der Waals surface area contributed by atoms with Gasteiger partial charge in [-0.05, 0) is 25.3 Å². The zero-order valence-corrected chi connectivity index (χ0v) is 16.4. The summed E-state index contributed by atoms with van der Waals surface area (Å²) in [7, 11) is 0. The first kappa shape index (κ1) is 27.1.